The monoisotopic (exact) mass is 237 g/mol. The van der Waals surface area contributed by atoms with Gasteiger partial charge >= 0.3 is 5.97 Å². The number of carboxylic acids is 1. The van der Waals surface area contributed by atoms with Gasteiger partial charge in [-0.3, -0.25) is 4.79 Å². The molecule has 0 aliphatic carbocycles. The average Bonchev–Trinajstić information content (AvgIpc) is 2.87. The van der Waals surface area contributed by atoms with E-state index in [1.165, 1.54) is 0 Å². The van der Waals surface area contributed by atoms with Crippen LogP contribution in [0.2, 0.25) is 0 Å². The van der Waals surface area contributed by atoms with Crippen molar-refractivity contribution in [1.82, 2.24) is 14.5 Å². The first-order valence-electron chi connectivity index (χ1n) is 4.86. The quantitative estimate of drug-likeness (QED) is 0.853. The minimum Gasteiger partial charge on any atom is -0.481 e. The van der Waals surface area contributed by atoms with Crippen LogP contribution in [0.25, 0.3) is 0 Å². The van der Waals surface area contributed by atoms with Gasteiger partial charge in [-0.05, 0) is 0 Å². The van der Waals surface area contributed by atoms with Crippen molar-refractivity contribution in [3.63, 3.8) is 0 Å². The van der Waals surface area contributed by atoms with Gasteiger partial charge in [-0.1, -0.05) is 0 Å². The predicted octanol–water partition coefficient (Wildman–Crippen LogP) is 1.41. The number of hydrogen-bond acceptors (Lipinski definition) is 4. The molecule has 0 saturated heterocycles. The molecule has 5 nitrogen and oxygen atoms in total. The van der Waals surface area contributed by atoms with Gasteiger partial charge in [0.15, 0.2) is 0 Å². The van der Waals surface area contributed by atoms with Crippen LogP contribution >= 0.6 is 11.3 Å². The van der Waals surface area contributed by atoms with E-state index in [2.05, 4.69) is 9.97 Å². The van der Waals surface area contributed by atoms with Crippen LogP contribution < -0.4 is 0 Å². The zero-order valence-corrected chi connectivity index (χ0v) is 9.35. The summed E-state index contributed by atoms with van der Waals surface area (Å²) in [5.41, 5.74) is 0. The van der Waals surface area contributed by atoms with Crippen LogP contribution in [0.4, 0.5) is 0 Å². The summed E-state index contributed by atoms with van der Waals surface area (Å²) in [4.78, 5) is 18.9. The van der Waals surface area contributed by atoms with E-state index >= 15 is 0 Å². The topological polar surface area (TPSA) is 68.0 Å². The minimum absolute atomic E-state index is 0.112. The molecular weight excluding hydrogens is 226 g/mol. The second-order valence-electron chi connectivity index (χ2n) is 3.28. The Bertz CT molecular complexity index is 464. The van der Waals surface area contributed by atoms with Crippen molar-refractivity contribution in [2.75, 3.05) is 0 Å². The van der Waals surface area contributed by atoms with Crippen LogP contribution in [0.5, 0.6) is 0 Å². The summed E-state index contributed by atoms with van der Waals surface area (Å²) >= 11 is 1.57. The smallest absolute Gasteiger partial charge is 0.305 e. The molecule has 0 aromatic carbocycles. The number of carboxylic acid groups (broad SMARTS) is 1. The molecule has 2 rings (SSSR count). The third-order valence-corrected chi connectivity index (χ3v) is 2.94. The lowest BCUT2D eigenvalue weighted by Gasteiger charge is -2.04. The summed E-state index contributed by atoms with van der Waals surface area (Å²) in [6, 6.07) is 0. The first-order valence-corrected chi connectivity index (χ1v) is 5.74. The molecule has 2 aromatic rings. The van der Waals surface area contributed by atoms with Gasteiger partial charge in [0.1, 0.15) is 5.82 Å². The zero-order valence-electron chi connectivity index (χ0n) is 8.54. The second kappa shape index (κ2) is 4.89. The minimum atomic E-state index is -0.797. The molecule has 0 atom stereocenters. The van der Waals surface area contributed by atoms with Gasteiger partial charge in [-0.25, -0.2) is 9.97 Å². The Balaban J connectivity index is 2.04. The highest BCUT2D eigenvalue weighted by Crippen LogP contribution is 2.10. The van der Waals surface area contributed by atoms with E-state index in [0.29, 0.717) is 13.0 Å². The number of nitrogens with zero attached hydrogens (tertiary/aromatic N) is 3. The summed E-state index contributed by atoms with van der Waals surface area (Å²) in [6.07, 6.45) is 6.01. The van der Waals surface area contributed by atoms with E-state index in [1.807, 2.05) is 9.95 Å². The Kier molecular flexibility index (Phi) is 3.31. The first-order chi connectivity index (χ1) is 7.75. The third kappa shape index (κ3) is 2.66. The molecule has 1 N–H and O–H groups in total. The first kappa shape index (κ1) is 10.8. The van der Waals surface area contributed by atoms with Gasteiger partial charge in [0.05, 0.1) is 17.8 Å². The molecule has 0 fully saturated rings. The van der Waals surface area contributed by atoms with Crippen molar-refractivity contribution < 1.29 is 9.90 Å². The molecule has 0 amide bonds. The maximum Gasteiger partial charge on any atom is 0.305 e. The average molecular weight is 237 g/mol. The van der Waals surface area contributed by atoms with Crippen LogP contribution in [-0.4, -0.2) is 25.6 Å². The van der Waals surface area contributed by atoms with Crippen LogP contribution in [0.3, 0.4) is 0 Å². The van der Waals surface area contributed by atoms with Crippen molar-refractivity contribution >= 4 is 17.3 Å². The van der Waals surface area contributed by atoms with Gasteiger partial charge in [-0.2, -0.15) is 0 Å². The molecule has 0 unspecified atom stereocenters. The molecular formula is C10H11N3O2S. The molecule has 0 aliphatic heterocycles. The fraction of sp³-hybridized carbons (Fsp3) is 0.300. The van der Waals surface area contributed by atoms with Gasteiger partial charge < -0.3 is 9.67 Å². The third-order valence-electron chi connectivity index (χ3n) is 2.16. The zero-order chi connectivity index (χ0) is 11.4. The molecule has 0 radical (unpaired) electrons. The Hall–Kier alpha value is -1.69. The fourth-order valence-electron chi connectivity index (χ4n) is 1.40. The highest BCUT2D eigenvalue weighted by atomic mass is 32.1. The molecule has 84 valence electrons. The Morgan fingerprint density at radius 2 is 2.31 bits per heavy atom. The lowest BCUT2D eigenvalue weighted by atomic mass is 10.4. The maximum atomic E-state index is 10.5. The van der Waals surface area contributed by atoms with Crippen molar-refractivity contribution in [2.45, 2.75) is 19.4 Å². The molecule has 2 aromatic heterocycles. The van der Waals surface area contributed by atoms with Gasteiger partial charge in [0.2, 0.25) is 0 Å². The SMILES string of the molecule is O=C(O)CCn1ccnc1Cc1nccs1. The van der Waals surface area contributed by atoms with E-state index in [9.17, 15) is 4.79 Å². The van der Waals surface area contributed by atoms with E-state index in [0.717, 1.165) is 10.8 Å². The van der Waals surface area contributed by atoms with Crippen LogP contribution in [-0.2, 0) is 17.8 Å². The van der Waals surface area contributed by atoms with E-state index in [4.69, 9.17) is 5.11 Å². The van der Waals surface area contributed by atoms with Crippen molar-refractivity contribution in [3.8, 4) is 0 Å². The fourth-order valence-corrected chi connectivity index (χ4v) is 2.02. The highest BCUT2D eigenvalue weighted by molar-refractivity contribution is 7.09. The number of thiazole rings is 1. The number of carbonyl (C=O) groups is 1. The normalized spacial score (nSPS) is 10.5. The Morgan fingerprint density at radius 3 is 3.00 bits per heavy atom. The number of imidazole rings is 1. The highest BCUT2D eigenvalue weighted by Gasteiger charge is 2.07. The molecule has 2 heterocycles. The number of aromatic nitrogens is 3. The maximum absolute atomic E-state index is 10.5. The van der Waals surface area contributed by atoms with Gasteiger partial charge in [-0.15, -0.1) is 11.3 Å². The number of aryl methyl sites for hydroxylation is 1. The van der Waals surface area contributed by atoms with E-state index in [1.54, 1.807) is 29.9 Å². The van der Waals surface area contributed by atoms with Crippen molar-refractivity contribution in [3.05, 3.63) is 34.8 Å². The Labute approximate surface area is 96.4 Å². The van der Waals surface area contributed by atoms with Crippen LogP contribution in [0, 0.1) is 0 Å². The molecule has 0 spiro atoms. The van der Waals surface area contributed by atoms with Gasteiger partial charge in [0, 0.05) is 30.5 Å². The van der Waals surface area contributed by atoms with Crippen molar-refractivity contribution in [1.29, 1.82) is 0 Å². The molecule has 0 aliphatic rings. The summed E-state index contributed by atoms with van der Waals surface area (Å²) < 4.78 is 1.86. The van der Waals surface area contributed by atoms with Crippen LogP contribution in [0.1, 0.15) is 17.3 Å². The number of aliphatic carboxylic acids is 1. The lowest BCUT2D eigenvalue weighted by Crippen LogP contribution is -2.07. The molecule has 6 heteroatoms. The molecule has 0 bridgehead atoms. The van der Waals surface area contributed by atoms with Gasteiger partial charge in [0.25, 0.3) is 0 Å². The summed E-state index contributed by atoms with van der Waals surface area (Å²) in [5.74, 6) is 0.0603. The van der Waals surface area contributed by atoms with E-state index < -0.39 is 5.97 Å². The summed E-state index contributed by atoms with van der Waals surface area (Å²) in [7, 11) is 0. The largest absolute Gasteiger partial charge is 0.481 e. The number of rotatable bonds is 5. The Morgan fingerprint density at radius 1 is 1.44 bits per heavy atom. The molecule has 0 saturated carbocycles. The lowest BCUT2D eigenvalue weighted by molar-refractivity contribution is -0.137. The van der Waals surface area contributed by atoms with E-state index in [-0.39, 0.29) is 6.42 Å². The standard InChI is InChI=1S/C10H11N3O2S/c14-10(15)1-4-13-5-2-11-8(13)7-9-12-3-6-16-9/h2-3,5-6H,1,4,7H2,(H,14,15). The number of hydrogen-bond donors (Lipinski definition) is 1. The molecule has 16 heavy (non-hydrogen) atoms. The predicted molar refractivity (Wildman–Crippen MR) is 59.4 cm³/mol. The van der Waals surface area contributed by atoms with Crippen molar-refractivity contribution in [2.24, 2.45) is 0 Å². The summed E-state index contributed by atoms with van der Waals surface area (Å²) in [6.45, 7) is 0.454. The van der Waals surface area contributed by atoms with Crippen LogP contribution in [0.15, 0.2) is 24.0 Å². The summed E-state index contributed by atoms with van der Waals surface area (Å²) in [5, 5.41) is 11.5. The second-order valence-corrected chi connectivity index (χ2v) is 4.26.